The van der Waals surface area contributed by atoms with Crippen molar-refractivity contribution in [1.29, 1.82) is 0 Å². The summed E-state index contributed by atoms with van der Waals surface area (Å²) in [5, 5.41) is 4.64. The van der Waals surface area contributed by atoms with Crippen LogP contribution in [0.4, 0.5) is 0 Å². The van der Waals surface area contributed by atoms with E-state index in [-0.39, 0.29) is 0 Å². The Morgan fingerprint density at radius 2 is 2.48 bits per heavy atom. The Morgan fingerprint density at radius 3 is 3.38 bits per heavy atom. The molecule has 1 saturated heterocycles. The van der Waals surface area contributed by atoms with E-state index in [4.69, 9.17) is 9.47 Å². The first-order chi connectivity index (χ1) is 10.4. The average molecular weight is 289 g/mol. The van der Waals surface area contributed by atoms with E-state index in [2.05, 4.69) is 21.4 Å². The van der Waals surface area contributed by atoms with Gasteiger partial charge in [0.2, 0.25) is 0 Å². The third-order valence-corrected chi connectivity index (χ3v) is 3.82. The zero-order chi connectivity index (χ0) is 14.3. The summed E-state index contributed by atoms with van der Waals surface area (Å²) in [5.41, 5.74) is 2.22. The number of H-pyrrole nitrogens is 1. The topological polar surface area (TPSA) is 59.2 Å². The van der Waals surface area contributed by atoms with Crippen LogP contribution in [0.5, 0.6) is 0 Å². The van der Waals surface area contributed by atoms with Gasteiger partial charge in [0.05, 0.1) is 12.7 Å². The Kier molecular flexibility index (Phi) is 5.21. The Bertz CT molecular complexity index is 549. The standard InChI is InChI=1S/C16H23N3O2/c1-5-15-13(11-19-16(15)18-7-1)10-17-6-3-8-20-12-14-4-2-9-21-14/h1,5,7,11,14,17H,2-4,6,8-10,12H2,(H,18,19). The van der Waals surface area contributed by atoms with Crippen LogP contribution in [-0.4, -0.2) is 42.4 Å². The number of pyridine rings is 1. The van der Waals surface area contributed by atoms with Gasteiger partial charge >= 0.3 is 0 Å². The molecule has 1 fully saturated rings. The summed E-state index contributed by atoms with van der Waals surface area (Å²) in [5.74, 6) is 0. The number of hydrogen-bond donors (Lipinski definition) is 2. The van der Waals surface area contributed by atoms with E-state index in [1.54, 1.807) is 6.20 Å². The second kappa shape index (κ2) is 7.54. The van der Waals surface area contributed by atoms with Crippen LogP contribution in [0.2, 0.25) is 0 Å². The van der Waals surface area contributed by atoms with E-state index < -0.39 is 0 Å². The van der Waals surface area contributed by atoms with E-state index >= 15 is 0 Å². The van der Waals surface area contributed by atoms with E-state index in [1.165, 1.54) is 17.4 Å². The maximum Gasteiger partial charge on any atom is 0.137 e. The van der Waals surface area contributed by atoms with E-state index in [0.717, 1.165) is 51.4 Å². The van der Waals surface area contributed by atoms with Gasteiger partial charge < -0.3 is 19.8 Å². The van der Waals surface area contributed by atoms with Crippen molar-refractivity contribution in [3.8, 4) is 0 Å². The number of fused-ring (bicyclic) bond motifs is 1. The largest absolute Gasteiger partial charge is 0.379 e. The van der Waals surface area contributed by atoms with Gasteiger partial charge in [0, 0.05) is 37.5 Å². The molecule has 0 radical (unpaired) electrons. The summed E-state index contributed by atoms with van der Waals surface area (Å²) in [7, 11) is 0. The smallest absolute Gasteiger partial charge is 0.137 e. The molecule has 0 spiro atoms. The van der Waals surface area contributed by atoms with Gasteiger partial charge in [-0.25, -0.2) is 4.98 Å². The molecule has 3 heterocycles. The fourth-order valence-corrected chi connectivity index (χ4v) is 2.67. The number of ether oxygens (including phenoxy) is 2. The highest BCUT2D eigenvalue weighted by atomic mass is 16.5. The molecule has 5 nitrogen and oxygen atoms in total. The molecule has 0 aliphatic carbocycles. The molecule has 0 amide bonds. The lowest BCUT2D eigenvalue weighted by atomic mass is 10.2. The van der Waals surface area contributed by atoms with Crippen LogP contribution in [0, 0.1) is 0 Å². The van der Waals surface area contributed by atoms with Crippen LogP contribution in [0.3, 0.4) is 0 Å². The van der Waals surface area contributed by atoms with Crippen LogP contribution in [0.15, 0.2) is 24.5 Å². The molecular formula is C16H23N3O2. The number of hydrogen-bond acceptors (Lipinski definition) is 4. The lowest BCUT2D eigenvalue weighted by Crippen LogP contribution is -2.18. The molecule has 1 aliphatic heterocycles. The van der Waals surface area contributed by atoms with Gasteiger partial charge in [0.25, 0.3) is 0 Å². The Hall–Kier alpha value is -1.43. The quantitative estimate of drug-likeness (QED) is 0.732. The van der Waals surface area contributed by atoms with Gasteiger partial charge in [-0.1, -0.05) is 0 Å². The first kappa shape index (κ1) is 14.5. The summed E-state index contributed by atoms with van der Waals surface area (Å²) in [6, 6.07) is 4.07. The second-order valence-electron chi connectivity index (χ2n) is 5.45. The van der Waals surface area contributed by atoms with Crippen LogP contribution in [0.25, 0.3) is 11.0 Å². The number of nitrogens with one attached hydrogen (secondary N) is 2. The van der Waals surface area contributed by atoms with Crippen molar-refractivity contribution in [2.24, 2.45) is 0 Å². The minimum Gasteiger partial charge on any atom is -0.379 e. The molecule has 114 valence electrons. The number of aromatic nitrogens is 2. The SMILES string of the molecule is c1cnc2[nH]cc(CNCCCOCC3CCCO3)c2c1. The van der Waals surface area contributed by atoms with Crippen molar-refractivity contribution in [2.75, 3.05) is 26.4 Å². The van der Waals surface area contributed by atoms with Crippen LogP contribution < -0.4 is 5.32 Å². The predicted molar refractivity (Wildman–Crippen MR) is 82.2 cm³/mol. The summed E-state index contributed by atoms with van der Waals surface area (Å²) in [4.78, 5) is 7.48. The summed E-state index contributed by atoms with van der Waals surface area (Å²) in [6.07, 6.45) is 7.51. The highest BCUT2D eigenvalue weighted by Crippen LogP contribution is 2.15. The van der Waals surface area contributed by atoms with Gasteiger partial charge in [-0.3, -0.25) is 0 Å². The zero-order valence-corrected chi connectivity index (χ0v) is 12.3. The van der Waals surface area contributed by atoms with Gasteiger partial charge in [0.15, 0.2) is 0 Å². The minimum atomic E-state index is 0.330. The molecule has 1 atom stereocenters. The first-order valence-electron chi connectivity index (χ1n) is 7.74. The average Bonchev–Trinajstić information content (AvgIpc) is 3.16. The van der Waals surface area contributed by atoms with Crippen molar-refractivity contribution < 1.29 is 9.47 Å². The molecule has 3 rings (SSSR count). The monoisotopic (exact) mass is 289 g/mol. The number of nitrogens with zero attached hydrogens (tertiary/aromatic N) is 1. The zero-order valence-electron chi connectivity index (χ0n) is 12.3. The number of aromatic amines is 1. The summed E-state index contributed by atoms with van der Waals surface area (Å²) < 4.78 is 11.2. The van der Waals surface area contributed by atoms with Gasteiger partial charge in [-0.2, -0.15) is 0 Å². The Labute approximate surface area is 125 Å². The summed E-state index contributed by atoms with van der Waals surface area (Å²) >= 11 is 0. The van der Waals surface area contributed by atoms with E-state index in [9.17, 15) is 0 Å². The fraction of sp³-hybridized carbons (Fsp3) is 0.562. The van der Waals surface area contributed by atoms with Crippen LogP contribution in [-0.2, 0) is 16.0 Å². The highest BCUT2D eigenvalue weighted by Gasteiger charge is 2.14. The summed E-state index contributed by atoms with van der Waals surface area (Å²) in [6.45, 7) is 4.25. The van der Waals surface area contributed by atoms with E-state index in [1.807, 2.05) is 12.3 Å². The van der Waals surface area contributed by atoms with Crippen LogP contribution >= 0.6 is 0 Å². The Morgan fingerprint density at radius 1 is 1.48 bits per heavy atom. The van der Waals surface area contributed by atoms with Crippen molar-refractivity contribution >= 4 is 11.0 Å². The second-order valence-corrected chi connectivity index (χ2v) is 5.45. The molecule has 2 N–H and O–H groups in total. The Balaban J connectivity index is 1.29. The molecule has 21 heavy (non-hydrogen) atoms. The van der Waals surface area contributed by atoms with Gasteiger partial charge in [-0.15, -0.1) is 0 Å². The highest BCUT2D eigenvalue weighted by molar-refractivity contribution is 5.79. The maximum atomic E-state index is 5.64. The molecule has 5 heteroatoms. The molecule has 2 aromatic rings. The molecule has 1 aliphatic rings. The molecular weight excluding hydrogens is 266 g/mol. The third-order valence-electron chi connectivity index (χ3n) is 3.82. The van der Waals surface area contributed by atoms with Gasteiger partial charge in [-0.05, 0) is 43.5 Å². The normalized spacial score (nSPS) is 18.6. The minimum absolute atomic E-state index is 0.330. The molecule has 0 saturated carbocycles. The third kappa shape index (κ3) is 4.03. The predicted octanol–water partition coefficient (Wildman–Crippen LogP) is 2.24. The van der Waals surface area contributed by atoms with E-state index in [0.29, 0.717) is 6.10 Å². The lowest BCUT2D eigenvalue weighted by Gasteiger charge is -2.10. The maximum absolute atomic E-state index is 5.64. The molecule has 1 unspecified atom stereocenters. The first-order valence-corrected chi connectivity index (χ1v) is 7.74. The molecule has 2 aromatic heterocycles. The van der Waals surface area contributed by atoms with Crippen molar-refractivity contribution in [2.45, 2.75) is 31.9 Å². The van der Waals surface area contributed by atoms with Crippen molar-refractivity contribution in [3.05, 3.63) is 30.1 Å². The lowest BCUT2D eigenvalue weighted by molar-refractivity contribution is 0.0166. The fourth-order valence-electron chi connectivity index (χ4n) is 2.67. The van der Waals surface area contributed by atoms with Crippen molar-refractivity contribution in [3.63, 3.8) is 0 Å². The number of rotatable bonds is 8. The molecule has 0 bridgehead atoms. The van der Waals surface area contributed by atoms with Gasteiger partial charge in [0.1, 0.15) is 5.65 Å². The van der Waals surface area contributed by atoms with Crippen molar-refractivity contribution in [1.82, 2.24) is 15.3 Å². The van der Waals surface area contributed by atoms with Crippen LogP contribution in [0.1, 0.15) is 24.8 Å². The molecule has 0 aromatic carbocycles.